The van der Waals surface area contributed by atoms with Crippen LogP contribution < -0.4 is 0 Å². The lowest BCUT2D eigenvalue weighted by atomic mass is 9.68. The van der Waals surface area contributed by atoms with Crippen molar-refractivity contribution in [2.45, 2.75) is 110 Å². The topological polar surface area (TPSA) is 217 Å². The molecule has 16 nitrogen and oxygen atoms in total. The number of pyridine rings is 1. The van der Waals surface area contributed by atoms with Gasteiger partial charge >= 0.3 is 35.8 Å². The number of hydrogen-bond donors (Lipinski definition) is 1. The predicted molar refractivity (Wildman–Crippen MR) is 194 cm³/mol. The second-order valence-electron chi connectivity index (χ2n) is 15.3. The second-order valence-corrected chi connectivity index (χ2v) is 15.3. The lowest BCUT2D eigenvalue weighted by Crippen LogP contribution is -2.66. The first-order valence-electron chi connectivity index (χ1n) is 18.4. The number of aromatic nitrogens is 1. The highest BCUT2D eigenvalue weighted by Gasteiger charge is 2.77. The Morgan fingerprint density at radius 2 is 1.35 bits per heavy atom. The summed E-state index contributed by atoms with van der Waals surface area (Å²) >= 11 is 0. The van der Waals surface area contributed by atoms with Gasteiger partial charge < -0.3 is 38.3 Å². The van der Waals surface area contributed by atoms with Crippen LogP contribution in [0.5, 0.6) is 0 Å². The number of carbonyl (C=O) groups is 7. The van der Waals surface area contributed by atoms with Gasteiger partial charge in [-0.1, -0.05) is 52.5 Å². The average molecular weight is 794 g/mol. The van der Waals surface area contributed by atoms with E-state index in [9.17, 15) is 38.7 Å². The van der Waals surface area contributed by atoms with Crippen molar-refractivity contribution < 1.29 is 71.8 Å². The minimum absolute atomic E-state index is 0.0234. The molecule has 1 aromatic carbocycles. The number of esters is 6. The number of aliphatic hydroxyl groups is 1. The Morgan fingerprint density at radius 3 is 1.91 bits per heavy atom. The van der Waals surface area contributed by atoms with Crippen LogP contribution in [0.2, 0.25) is 0 Å². The number of benzene rings is 1. The minimum atomic E-state index is -2.75. The SMILES string of the molecule is C=C1C(OC(C)=O)[C@H]2[C@@H](OC(C)=O)[C@@H](C)C[C@]2(OC(C)=O)[C@]2(O)O[C@@H](C(=O)[C@@H]2C)C(C)(C)[C@H](OC(=O)c2cccnc2)C(OC(=O)c2ccccc2)[C@@H]1OC(C)=O. The van der Waals surface area contributed by atoms with E-state index in [-0.39, 0.29) is 23.1 Å². The van der Waals surface area contributed by atoms with E-state index in [4.69, 9.17) is 33.2 Å². The van der Waals surface area contributed by atoms with E-state index in [1.807, 2.05) is 0 Å². The normalized spacial score (nSPS) is 33.1. The highest BCUT2D eigenvalue weighted by Crippen LogP contribution is 2.60. The third-order valence-corrected chi connectivity index (χ3v) is 10.9. The Hall–Kier alpha value is -5.48. The fraction of sp³-hybridized carbons (Fsp3) is 0.512. The molecule has 0 spiro atoms. The molecule has 3 aliphatic rings. The van der Waals surface area contributed by atoms with Gasteiger partial charge in [0, 0.05) is 51.1 Å². The smallest absolute Gasteiger partial charge is 0.340 e. The zero-order chi connectivity index (χ0) is 42.2. The summed E-state index contributed by atoms with van der Waals surface area (Å²) in [4.78, 5) is 98.8. The van der Waals surface area contributed by atoms with Crippen molar-refractivity contribution >= 4 is 41.6 Å². The summed E-state index contributed by atoms with van der Waals surface area (Å²) in [5.41, 5.74) is -4.51. The van der Waals surface area contributed by atoms with Crippen LogP contribution in [0.3, 0.4) is 0 Å². The maximum Gasteiger partial charge on any atom is 0.340 e. The Bertz CT molecular complexity index is 1930. The molecule has 1 N–H and O–H groups in total. The number of rotatable bonds is 8. The molecule has 11 atom stereocenters. The van der Waals surface area contributed by atoms with Gasteiger partial charge in [0.1, 0.15) is 18.3 Å². The van der Waals surface area contributed by atoms with E-state index in [0.29, 0.717) is 0 Å². The van der Waals surface area contributed by atoms with Crippen molar-refractivity contribution in [3.05, 3.63) is 78.1 Å². The quantitative estimate of drug-likeness (QED) is 0.230. The van der Waals surface area contributed by atoms with Crippen LogP contribution in [-0.2, 0) is 57.1 Å². The molecule has 0 radical (unpaired) electrons. The molecule has 306 valence electrons. The van der Waals surface area contributed by atoms with Gasteiger partial charge in [0.2, 0.25) is 5.79 Å². The van der Waals surface area contributed by atoms with Crippen LogP contribution in [0.4, 0.5) is 0 Å². The molecule has 2 aliphatic heterocycles. The molecule has 2 aromatic rings. The summed E-state index contributed by atoms with van der Waals surface area (Å²) in [7, 11) is 0. The summed E-state index contributed by atoms with van der Waals surface area (Å²) in [5, 5.41) is 13.0. The van der Waals surface area contributed by atoms with Crippen LogP contribution in [0.15, 0.2) is 67.0 Å². The number of ether oxygens (including phenoxy) is 7. The van der Waals surface area contributed by atoms with Gasteiger partial charge in [-0.25, -0.2) is 9.59 Å². The lowest BCUT2D eigenvalue weighted by molar-refractivity contribution is -0.333. The van der Waals surface area contributed by atoms with E-state index in [2.05, 4.69) is 11.6 Å². The number of Topliss-reactive ketones (excluding diaryl/α,β-unsaturated/α-hetero) is 1. The van der Waals surface area contributed by atoms with E-state index in [1.54, 1.807) is 25.1 Å². The van der Waals surface area contributed by atoms with Gasteiger partial charge in [-0.2, -0.15) is 0 Å². The van der Waals surface area contributed by atoms with Crippen LogP contribution in [0.1, 0.15) is 82.5 Å². The van der Waals surface area contributed by atoms with Gasteiger partial charge in [-0.3, -0.25) is 29.0 Å². The summed E-state index contributed by atoms with van der Waals surface area (Å²) < 4.78 is 42.5. The van der Waals surface area contributed by atoms with Crippen molar-refractivity contribution in [1.82, 2.24) is 4.98 Å². The first kappa shape index (κ1) is 42.7. The summed E-state index contributed by atoms with van der Waals surface area (Å²) in [6, 6.07) is 10.5. The van der Waals surface area contributed by atoms with Crippen LogP contribution in [0.25, 0.3) is 0 Å². The number of hydrogen-bond acceptors (Lipinski definition) is 16. The molecule has 2 unspecified atom stereocenters. The molecule has 0 amide bonds. The molecule has 57 heavy (non-hydrogen) atoms. The summed E-state index contributed by atoms with van der Waals surface area (Å²) in [6.45, 7) is 14.3. The van der Waals surface area contributed by atoms with E-state index >= 15 is 0 Å². The Balaban J connectivity index is 1.89. The first-order chi connectivity index (χ1) is 26.7. The van der Waals surface area contributed by atoms with Gasteiger partial charge in [0.25, 0.3) is 0 Å². The van der Waals surface area contributed by atoms with Gasteiger partial charge in [-0.05, 0) is 36.6 Å². The molecule has 1 saturated carbocycles. The molecule has 3 fully saturated rings. The third-order valence-electron chi connectivity index (χ3n) is 10.9. The maximum absolute atomic E-state index is 14.7. The highest BCUT2D eigenvalue weighted by molar-refractivity contribution is 5.91. The van der Waals surface area contributed by atoms with E-state index in [0.717, 1.165) is 27.7 Å². The largest absolute Gasteiger partial charge is 0.462 e. The molecule has 16 heteroatoms. The summed E-state index contributed by atoms with van der Waals surface area (Å²) in [6.07, 6.45) is -8.16. The Kier molecular flexibility index (Phi) is 12.1. The fourth-order valence-electron chi connectivity index (χ4n) is 8.48. The molecular weight excluding hydrogens is 746 g/mol. The van der Waals surface area contributed by atoms with Crippen molar-refractivity contribution in [3.63, 3.8) is 0 Å². The molecule has 5 rings (SSSR count). The summed E-state index contributed by atoms with van der Waals surface area (Å²) in [5.74, 6) is -13.1. The Morgan fingerprint density at radius 1 is 0.772 bits per heavy atom. The molecule has 1 aliphatic carbocycles. The highest BCUT2D eigenvalue weighted by atomic mass is 16.7. The minimum Gasteiger partial charge on any atom is -0.462 e. The Labute approximate surface area is 329 Å². The zero-order valence-electron chi connectivity index (χ0n) is 32.9. The van der Waals surface area contributed by atoms with Gasteiger partial charge in [0.15, 0.2) is 29.7 Å². The van der Waals surface area contributed by atoms with Gasteiger partial charge in [-0.15, -0.1) is 0 Å². The van der Waals surface area contributed by atoms with Crippen molar-refractivity contribution in [2.75, 3.05) is 0 Å². The number of ketones is 1. The van der Waals surface area contributed by atoms with Crippen molar-refractivity contribution in [2.24, 2.45) is 23.2 Å². The molecular formula is C41H47NO15. The lowest BCUT2D eigenvalue weighted by Gasteiger charge is -2.49. The number of carbonyl (C=O) groups excluding carboxylic acids is 7. The third kappa shape index (κ3) is 7.92. The zero-order valence-corrected chi connectivity index (χ0v) is 32.9. The van der Waals surface area contributed by atoms with E-state index in [1.165, 1.54) is 57.4 Å². The standard InChI is InChI=1S/C41H47NO15/c1-20-18-40(56-26(7)46)29(31(20)51-23(4)43)32(52-24(5)44)21(2)33(53-25(6)45)34(54-37(48)27-14-11-10-12-15-27)36(55-38(49)28-16-13-17-42-19-28)39(8,9)35-30(47)22(3)41(40,50)57-35/h10-17,19-20,22,29,31-36,50H,2,18H2,1,3-9H3/t20-,22-,29+,31-,32?,33+,34?,35-,36+,40+,41+/m0/s1. The number of nitrogens with zero attached hydrogens (tertiary/aromatic N) is 1. The van der Waals surface area contributed by atoms with Gasteiger partial charge in [0.05, 0.1) is 23.0 Å². The number of fused-ring (bicyclic) bond motifs is 4. The molecule has 2 bridgehead atoms. The van der Waals surface area contributed by atoms with Crippen LogP contribution in [-0.4, -0.2) is 99.7 Å². The van der Waals surface area contributed by atoms with E-state index < -0.39 is 113 Å². The van der Waals surface area contributed by atoms with Crippen molar-refractivity contribution in [1.29, 1.82) is 0 Å². The first-order valence-corrected chi connectivity index (χ1v) is 18.4. The molecule has 3 heterocycles. The van der Waals surface area contributed by atoms with Crippen LogP contribution in [0, 0.1) is 23.2 Å². The second kappa shape index (κ2) is 16.2. The van der Waals surface area contributed by atoms with Crippen molar-refractivity contribution in [3.8, 4) is 0 Å². The average Bonchev–Trinajstić information content (AvgIpc) is 3.55. The fourth-order valence-corrected chi connectivity index (χ4v) is 8.48. The predicted octanol–water partition coefficient (Wildman–Crippen LogP) is 3.47. The maximum atomic E-state index is 14.7. The monoisotopic (exact) mass is 793 g/mol. The van der Waals surface area contributed by atoms with Crippen LogP contribution >= 0.6 is 0 Å². The molecule has 1 aromatic heterocycles. The molecule has 2 saturated heterocycles.